The number of piperidine rings is 1. The molecule has 0 bridgehead atoms. The number of hydrogen-bond acceptors (Lipinski definition) is 5. The Balaban J connectivity index is 2.26. The van der Waals surface area contributed by atoms with Gasteiger partial charge in [0.05, 0.1) is 6.54 Å². The fourth-order valence-corrected chi connectivity index (χ4v) is 4.80. The third-order valence-electron chi connectivity index (χ3n) is 3.68. The lowest BCUT2D eigenvalue weighted by Crippen LogP contribution is -2.47. The van der Waals surface area contributed by atoms with E-state index < -0.39 is 10.0 Å². The van der Waals surface area contributed by atoms with E-state index in [-0.39, 0.29) is 22.2 Å². The van der Waals surface area contributed by atoms with Crippen molar-refractivity contribution in [1.82, 2.24) is 9.21 Å². The van der Waals surface area contributed by atoms with Gasteiger partial charge in [0.1, 0.15) is 10.7 Å². The summed E-state index contributed by atoms with van der Waals surface area (Å²) >= 11 is 3.16. The summed E-state index contributed by atoms with van der Waals surface area (Å²) in [7, 11) is 0.0611. The van der Waals surface area contributed by atoms with Crippen LogP contribution >= 0.6 is 15.9 Å². The number of likely N-dealkylation sites (tertiary alicyclic amines) is 1. The molecule has 1 atom stereocenters. The van der Waals surface area contributed by atoms with Gasteiger partial charge in [-0.25, -0.2) is 8.42 Å². The second kappa shape index (κ2) is 6.15. The van der Waals surface area contributed by atoms with Crippen molar-refractivity contribution in [1.29, 1.82) is 0 Å². The zero-order valence-corrected chi connectivity index (χ0v) is 14.1. The summed E-state index contributed by atoms with van der Waals surface area (Å²) in [5.41, 5.74) is 5.48. The quantitative estimate of drug-likeness (QED) is 0.867. The van der Waals surface area contributed by atoms with Crippen molar-refractivity contribution in [2.45, 2.75) is 30.3 Å². The lowest BCUT2D eigenvalue weighted by molar-refractivity contribution is 0.187. The van der Waals surface area contributed by atoms with Gasteiger partial charge in [-0.2, -0.15) is 4.31 Å². The van der Waals surface area contributed by atoms with Gasteiger partial charge in [0, 0.05) is 25.7 Å². The molecular weight excluding hydrogens is 346 g/mol. The van der Waals surface area contributed by atoms with Crippen LogP contribution in [0.3, 0.4) is 0 Å². The van der Waals surface area contributed by atoms with Gasteiger partial charge in [-0.1, -0.05) is 0 Å². The van der Waals surface area contributed by atoms with Crippen molar-refractivity contribution in [3.05, 3.63) is 16.5 Å². The second-order valence-corrected chi connectivity index (χ2v) is 7.82. The zero-order chi connectivity index (χ0) is 14.9. The maximum absolute atomic E-state index is 12.7. The first-order chi connectivity index (χ1) is 9.36. The number of halogens is 1. The molecule has 1 fully saturated rings. The minimum Gasteiger partial charge on any atom is -0.452 e. The topological polar surface area (TPSA) is 79.8 Å². The van der Waals surface area contributed by atoms with E-state index in [4.69, 9.17) is 10.2 Å². The average Bonchev–Trinajstić information content (AvgIpc) is 2.80. The fraction of sp³-hybridized carbons (Fsp3) is 0.667. The molecule has 1 saturated heterocycles. The van der Waals surface area contributed by atoms with E-state index >= 15 is 0 Å². The minimum absolute atomic E-state index is 0.0122. The van der Waals surface area contributed by atoms with E-state index in [9.17, 15) is 8.42 Å². The van der Waals surface area contributed by atoms with Gasteiger partial charge in [-0.15, -0.1) is 0 Å². The molecule has 1 aromatic heterocycles. The summed E-state index contributed by atoms with van der Waals surface area (Å²) < 4.78 is 32.3. The van der Waals surface area contributed by atoms with Crippen molar-refractivity contribution in [3.8, 4) is 0 Å². The van der Waals surface area contributed by atoms with Crippen molar-refractivity contribution in [2.24, 2.45) is 5.73 Å². The summed E-state index contributed by atoms with van der Waals surface area (Å²) in [6.45, 7) is 1.93. The highest BCUT2D eigenvalue weighted by atomic mass is 79.9. The number of nitrogens with two attached hydrogens (primary N) is 1. The lowest BCUT2D eigenvalue weighted by atomic mass is 10.1. The van der Waals surface area contributed by atoms with Crippen LogP contribution in [0.2, 0.25) is 0 Å². The summed E-state index contributed by atoms with van der Waals surface area (Å²) in [6, 6.07) is 1.48. The Morgan fingerprint density at radius 3 is 2.85 bits per heavy atom. The second-order valence-electron chi connectivity index (χ2n) is 5.13. The van der Waals surface area contributed by atoms with Crippen molar-refractivity contribution < 1.29 is 12.8 Å². The van der Waals surface area contributed by atoms with Crippen LogP contribution in [0, 0.1) is 0 Å². The molecule has 0 aliphatic carbocycles. The van der Waals surface area contributed by atoms with Crippen LogP contribution in [-0.2, 0) is 16.6 Å². The van der Waals surface area contributed by atoms with Crippen LogP contribution in [0.5, 0.6) is 0 Å². The van der Waals surface area contributed by atoms with E-state index in [0.717, 1.165) is 25.9 Å². The SMILES string of the molecule is CN1CCCC(N(C)S(=O)(=O)c2cc(CN)oc2Br)C1. The molecule has 8 heteroatoms. The van der Waals surface area contributed by atoms with E-state index in [1.54, 1.807) is 7.05 Å². The molecule has 1 aliphatic rings. The normalized spacial score (nSPS) is 21.6. The molecule has 0 amide bonds. The molecule has 0 radical (unpaired) electrons. The van der Waals surface area contributed by atoms with Gasteiger partial charge >= 0.3 is 0 Å². The molecule has 1 aliphatic heterocycles. The predicted octanol–water partition coefficient (Wildman–Crippen LogP) is 1.22. The van der Waals surface area contributed by atoms with Gasteiger partial charge in [0.25, 0.3) is 0 Å². The van der Waals surface area contributed by atoms with Crippen LogP contribution in [0.15, 0.2) is 20.0 Å². The predicted molar refractivity (Wildman–Crippen MR) is 79.8 cm³/mol. The summed E-state index contributed by atoms with van der Waals surface area (Å²) in [4.78, 5) is 2.30. The van der Waals surface area contributed by atoms with Crippen LogP contribution in [-0.4, -0.2) is 50.8 Å². The van der Waals surface area contributed by atoms with Gasteiger partial charge in [0.2, 0.25) is 10.0 Å². The molecule has 0 spiro atoms. The first-order valence-electron chi connectivity index (χ1n) is 6.51. The van der Waals surface area contributed by atoms with E-state index in [1.165, 1.54) is 10.4 Å². The Bertz CT molecular complexity index is 573. The maximum Gasteiger partial charge on any atom is 0.247 e. The molecule has 1 aromatic rings. The Labute approximate surface area is 128 Å². The average molecular weight is 366 g/mol. The highest BCUT2D eigenvalue weighted by molar-refractivity contribution is 9.10. The molecular formula is C12H20BrN3O3S. The molecule has 0 saturated carbocycles. The summed E-state index contributed by atoms with van der Waals surface area (Å²) in [6.07, 6.45) is 1.88. The molecule has 0 aromatic carbocycles. The molecule has 1 unspecified atom stereocenters. The number of sulfonamides is 1. The van der Waals surface area contributed by atoms with Crippen LogP contribution < -0.4 is 5.73 Å². The number of hydrogen-bond donors (Lipinski definition) is 1. The molecule has 114 valence electrons. The van der Waals surface area contributed by atoms with Gasteiger partial charge in [-0.05, 0) is 42.4 Å². The largest absolute Gasteiger partial charge is 0.452 e. The Kier molecular flexibility index (Phi) is 4.91. The zero-order valence-electron chi connectivity index (χ0n) is 11.7. The number of furan rings is 1. The van der Waals surface area contributed by atoms with E-state index in [0.29, 0.717) is 5.76 Å². The highest BCUT2D eigenvalue weighted by Crippen LogP contribution is 2.30. The fourth-order valence-electron chi connectivity index (χ4n) is 2.46. The molecule has 2 rings (SSSR count). The Hall–Kier alpha value is -0.410. The standard InChI is InChI=1S/C12H20BrN3O3S/c1-15-5-3-4-9(8-15)16(2)20(17,18)11-6-10(7-14)19-12(11)13/h6,9H,3-5,7-8,14H2,1-2H3. The van der Waals surface area contributed by atoms with Gasteiger partial charge in [-0.3, -0.25) is 0 Å². The molecule has 6 nitrogen and oxygen atoms in total. The van der Waals surface area contributed by atoms with Crippen molar-refractivity contribution in [2.75, 3.05) is 27.2 Å². The number of nitrogens with zero attached hydrogens (tertiary/aromatic N) is 2. The van der Waals surface area contributed by atoms with Crippen LogP contribution in [0.1, 0.15) is 18.6 Å². The van der Waals surface area contributed by atoms with Gasteiger partial charge < -0.3 is 15.1 Å². The van der Waals surface area contributed by atoms with E-state index in [1.807, 2.05) is 7.05 Å². The maximum atomic E-state index is 12.7. The smallest absolute Gasteiger partial charge is 0.247 e. The highest BCUT2D eigenvalue weighted by Gasteiger charge is 2.33. The van der Waals surface area contributed by atoms with Crippen molar-refractivity contribution >= 4 is 26.0 Å². The Morgan fingerprint density at radius 1 is 1.60 bits per heavy atom. The third-order valence-corrected chi connectivity index (χ3v) is 6.45. The summed E-state index contributed by atoms with van der Waals surface area (Å²) in [5, 5.41) is 0. The number of rotatable bonds is 4. The van der Waals surface area contributed by atoms with E-state index in [2.05, 4.69) is 20.8 Å². The van der Waals surface area contributed by atoms with Crippen molar-refractivity contribution in [3.63, 3.8) is 0 Å². The molecule has 20 heavy (non-hydrogen) atoms. The summed E-state index contributed by atoms with van der Waals surface area (Å²) in [5.74, 6) is 0.449. The van der Waals surface area contributed by atoms with Crippen LogP contribution in [0.4, 0.5) is 0 Å². The van der Waals surface area contributed by atoms with Gasteiger partial charge in [0.15, 0.2) is 4.67 Å². The van der Waals surface area contributed by atoms with Crippen LogP contribution in [0.25, 0.3) is 0 Å². The third kappa shape index (κ3) is 3.09. The Morgan fingerprint density at radius 2 is 2.30 bits per heavy atom. The molecule has 2 heterocycles. The minimum atomic E-state index is -3.57. The first kappa shape index (κ1) is 16.0. The molecule has 2 N–H and O–H groups in total. The number of likely N-dealkylation sites (N-methyl/N-ethyl adjacent to an activating group) is 2. The first-order valence-corrected chi connectivity index (χ1v) is 8.74. The monoisotopic (exact) mass is 365 g/mol. The lowest BCUT2D eigenvalue weighted by Gasteiger charge is -2.34.